The van der Waals surface area contributed by atoms with Gasteiger partial charge in [0.25, 0.3) is 0 Å². The predicted octanol–water partition coefficient (Wildman–Crippen LogP) is 5.06. The third kappa shape index (κ3) is 5.81. The maximum absolute atomic E-state index is 11.6. The summed E-state index contributed by atoms with van der Waals surface area (Å²) < 4.78 is 33.1. The van der Waals surface area contributed by atoms with Crippen molar-refractivity contribution in [3.63, 3.8) is 0 Å². The van der Waals surface area contributed by atoms with Crippen molar-refractivity contribution in [3.8, 4) is 34.5 Å². The molecule has 1 aromatic heterocycles. The van der Waals surface area contributed by atoms with Gasteiger partial charge in [-0.2, -0.15) is 0 Å². The third-order valence-corrected chi connectivity index (χ3v) is 5.40. The van der Waals surface area contributed by atoms with Crippen molar-refractivity contribution < 1.29 is 32.9 Å². The molecule has 0 unspecified atom stereocenters. The number of oxazole rings is 1. The Labute approximate surface area is 199 Å². The number of carbonyl (C=O) groups excluding carboxylic acids is 1. The standard InChI is InChI=1S/C26H31NO7/c1-7-32-24(28)11-9-18-8-10-20(12-16(18)2)33-15-21-17(3)34-26(27-21)19-13-22(29-4)25(31-6)23(14-19)30-5/h8,10,12-14H,7,9,11,15H2,1-6H3. The molecule has 0 saturated carbocycles. The Morgan fingerprint density at radius 1 is 1.00 bits per heavy atom. The highest BCUT2D eigenvalue weighted by molar-refractivity contribution is 5.69. The molecule has 0 amide bonds. The van der Waals surface area contributed by atoms with Crippen molar-refractivity contribution >= 4 is 5.97 Å². The van der Waals surface area contributed by atoms with Crippen LogP contribution in [0.25, 0.3) is 11.5 Å². The molecular formula is C26H31NO7. The highest BCUT2D eigenvalue weighted by Crippen LogP contribution is 2.41. The zero-order valence-electron chi connectivity index (χ0n) is 20.5. The van der Waals surface area contributed by atoms with Gasteiger partial charge in [-0.1, -0.05) is 6.07 Å². The van der Waals surface area contributed by atoms with Gasteiger partial charge < -0.3 is 28.1 Å². The van der Waals surface area contributed by atoms with Crippen LogP contribution in [0, 0.1) is 13.8 Å². The van der Waals surface area contributed by atoms with Gasteiger partial charge in [0.2, 0.25) is 11.6 Å². The van der Waals surface area contributed by atoms with Crippen molar-refractivity contribution in [2.45, 2.75) is 40.2 Å². The molecule has 0 radical (unpaired) electrons. The molecule has 8 heteroatoms. The first-order valence-corrected chi connectivity index (χ1v) is 11.0. The van der Waals surface area contributed by atoms with E-state index in [1.54, 1.807) is 40.4 Å². The average Bonchev–Trinajstić information content (AvgIpc) is 3.21. The van der Waals surface area contributed by atoms with E-state index >= 15 is 0 Å². The maximum Gasteiger partial charge on any atom is 0.306 e. The van der Waals surface area contributed by atoms with E-state index < -0.39 is 0 Å². The van der Waals surface area contributed by atoms with Crippen LogP contribution < -0.4 is 18.9 Å². The van der Waals surface area contributed by atoms with Crippen molar-refractivity contribution in [2.75, 3.05) is 27.9 Å². The summed E-state index contributed by atoms with van der Waals surface area (Å²) >= 11 is 0. The van der Waals surface area contributed by atoms with Gasteiger partial charge in [-0.25, -0.2) is 4.98 Å². The number of nitrogens with zero attached hydrogens (tertiary/aromatic N) is 1. The fourth-order valence-electron chi connectivity index (χ4n) is 3.55. The zero-order chi connectivity index (χ0) is 24.7. The van der Waals surface area contributed by atoms with Crippen LogP contribution in [0.1, 0.15) is 35.9 Å². The van der Waals surface area contributed by atoms with Crippen LogP contribution in [0.4, 0.5) is 0 Å². The molecule has 0 aliphatic rings. The summed E-state index contributed by atoms with van der Waals surface area (Å²) in [6.45, 7) is 6.29. The molecule has 0 aliphatic heterocycles. The van der Waals surface area contributed by atoms with E-state index in [9.17, 15) is 4.79 Å². The smallest absolute Gasteiger partial charge is 0.306 e. The van der Waals surface area contributed by atoms with Gasteiger partial charge in [0.15, 0.2) is 11.5 Å². The van der Waals surface area contributed by atoms with Crippen molar-refractivity contribution in [3.05, 3.63) is 52.9 Å². The topological polar surface area (TPSA) is 89.3 Å². The Balaban J connectivity index is 1.71. The summed E-state index contributed by atoms with van der Waals surface area (Å²) in [6, 6.07) is 9.39. The van der Waals surface area contributed by atoms with Gasteiger partial charge >= 0.3 is 5.97 Å². The maximum atomic E-state index is 11.6. The van der Waals surface area contributed by atoms with E-state index in [0.717, 1.165) is 11.1 Å². The fraction of sp³-hybridized carbons (Fsp3) is 0.385. The molecular weight excluding hydrogens is 438 g/mol. The summed E-state index contributed by atoms with van der Waals surface area (Å²) in [6.07, 6.45) is 0.988. The number of hydrogen-bond donors (Lipinski definition) is 0. The van der Waals surface area contributed by atoms with Gasteiger partial charge in [-0.05, 0) is 62.6 Å². The summed E-state index contributed by atoms with van der Waals surface area (Å²) in [5.41, 5.74) is 3.53. The average molecular weight is 470 g/mol. The van der Waals surface area contributed by atoms with Crippen molar-refractivity contribution in [1.82, 2.24) is 4.98 Å². The second-order valence-corrected chi connectivity index (χ2v) is 7.62. The number of hydrogen-bond acceptors (Lipinski definition) is 8. The monoisotopic (exact) mass is 469 g/mol. The van der Waals surface area contributed by atoms with Crippen LogP contribution in [0.15, 0.2) is 34.7 Å². The Hall–Kier alpha value is -3.68. The minimum Gasteiger partial charge on any atom is -0.493 e. The highest BCUT2D eigenvalue weighted by atomic mass is 16.5. The Bertz CT molecular complexity index is 1110. The normalized spacial score (nSPS) is 10.6. The molecule has 182 valence electrons. The summed E-state index contributed by atoms with van der Waals surface area (Å²) in [7, 11) is 4.68. The van der Waals surface area contributed by atoms with Crippen molar-refractivity contribution in [2.24, 2.45) is 0 Å². The Morgan fingerprint density at radius 3 is 2.29 bits per heavy atom. The molecule has 2 aromatic carbocycles. The van der Waals surface area contributed by atoms with Crippen LogP contribution in [0.2, 0.25) is 0 Å². The summed E-state index contributed by atoms with van der Waals surface area (Å²) in [5, 5.41) is 0. The minimum atomic E-state index is -0.188. The van der Waals surface area contributed by atoms with E-state index in [1.807, 2.05) is 32.0 Å². The van der Waals surface area contributed by atoms with Gasteiger partial charge in [0.1, 0.15) is 23.8 Å². The first kappa shape index (κ1) is 25.0. The van der Waals surface area contributed by atoms with E-state index in [2.05, 4.69) is 4.98 Å². The third-order valence-electron chi connectivity index (χ3n) is 5.40. The number of aryl methyl sites for hydroxylation is 3. The van der Waals surface area contributed by atoms with Crippen LogP contribution >= 0.6 is 0 Å². The minimum absolute atomic E-state index is 0.188. The first-order valence-electron chi connectivity index (χ1n) is 11.0. The number of rotatable bonds is 11. The van der Waals surface area contributed by atoms with Crippen LogP contribution in [-0.2, 0) is 22.6 Å². The first-order chi connectivity index (χ1) is 16.4. The molecule has 0 spiro atoms. The van der Waals surface area contributed by atoms with Crippen LogP contribution in [-0.4, -0.2) is 38.9 Å². The van der Waals surface area contributed by atoms with E-state index in [4.69, 9.17) is 28.1 Å². The molecule has 0 bridgehead atoms. The molecule has 0 atom stereocenters. The van der Waals surface area contributed by atoms with Crippen LogP contribution in [0.5, 0.6) is 23.0 Å². The number of aromatic nitrogens is 1. The molecule has 3 rings (SSSR count). The lowest BCUT2D eigenvalue weighted by Gasteiger charge is -2.12. The van der Waals surface area contributed by atoms with Gasteiger partial charge in [0, 0.05) is 12.0 Å². The number of esters is 1. The molecule has 0 N–H and O–H groups in total. The summed E-state index contributed by atoms with van der Waals surface area (Å²) in [4.78, 5) is 16.2. The molecule has 0 saturated heterocycles. The Morgan fingerprint density at radius 2 is 1.71 bits per heavy atom. The molecule has 0 fully saturated rings. The number of methoxy groups -OCH3 is 3. The van der Waals surface area contributed by atoms with Crippen LogP contribution in [0.3, 0.4) is 0 Å². The van der Waals surface area contributed by atoms with E-state index in [1.165, 1.54) is 0 Å². The molecule has 1 heterocycles. The second-order valence-electron chi connectivity index (χ2n) is 7.62. The quantitative estimate of drug-likeness (QED) is 0.360. The van der Waals surface area contributed by atoms with Gasteiger partial charge in [-0.15, -0.1) is 0 Å². The lowest BCUT2D eigenvalue weighted by Crippen LogP contribution is -2.06. The molecule has 0 aliphatic carbocycles. The summed E-state index contributed by atoms with van der Waals surface area (Å²) in [5.74, 6) is 3.16. The van der Waals surface area contributed by atoms with Gasteiger partial charge in [0.05, 0.1) is 27.9 Å². The zero-order valence-corrected chi connectivity index (χ0v) is 20.5. The van der Waals surface area contributed by atoms with Crippen molar-refractivity contribution in [1.29, 1.82) is 0 Å². The van der Waals surface area contributed by atoms with Gasteiger partial charge in [-0.3, -0.25) is 4.79 Å². The van der Waals surface area contributed by atoms with E-state index in [0.29, 0.717) is 65.4 Å². The second kappa shape index (κ2) is 11.4. The number of carbonyl (C=O) groups is 1. The predicted molar refractivity (Wildman–Crippen MR) is 127 cm³/mol. The number of ether oxygens (including phenoxy) is 5. The van der Waals surface area contributed by atoms with E-state index in [-0.39, 0.29) is 12.6 Å². The number of benzene rings is 2. The molecule has 8 nitrogen and oxygen atoms in total. The fourth-order valence-corrected chi connectivity index (χ4v) is 3.55. The lowest BCUT2D eigenvalue weighted by atomic mass is 10.0. The molecule has 3 aromatic rings. The lowest BCUT2D eigenvalue weighted by molar-refractivity contribution is -0.143. The highest BCUT2D eigenvalue weighted by Gasteiger charge is 2.18. The largest absolute Gasteiger partial charge is 0.493 e. The SMILES string of the molecule is CCOC(=O)CCc1ccc(OCc2nc(-c3cc(OC)c(OC)c(OC)c3)oc2C)cc1C. The molecule has 34 heavy (non-hydrogen) atoms. The Kier molecular flexibility index (Phi) is 8.40.